The van der Waals surface area contributed by atoms with E-state index in [1.165, 1.54) is 24.9 Å². The Hall–Kier alpha value is -1.06. The second-order valence-electron chi connectivity index (χ2n) is 5.18. The summed E-state index contributed by atoms with van der Waals surface area (Å²) in [5.41, 5.74) is 1.35. The summed E-state index contributed by atoms with van der Waals surface area (Å²) in [6.45, 7) is 5.43. The van der Waals surface area contributed by atoms with Crippen LogP contribution in [0, 0.1) is 0 Å². The molecule has 0 amide bonds. The van der Waals surface area contributed by atoms with Crippen LogP contribution in [0.3, 0.4) is 0 Å². The Morgan fingerprint density at radius 2 is 1.72 bits per heavy atom. The third-order valence-corrected chi connectivity index (χ3v) is 4.00. The molecule has 0 bridgehead atoms. The molecule has 2 saturated heterocycles. The summed E-state index contributed by atoms with van der Waals surface area (Å²) in [6.07, 6.45) is 4.16. The lowest BCUT2D eigenvalue weighted by Crippen LogP contribution is -2.51. The average Bonchev–Trinajstić information content (AvgIpc) is 2.49. The second kappa shape index (κ2) is 5.72. The summed E-state index contributed by atoms with van der Waals surface area (Å²) in [6, 6.07) is 10.7. The van der Waals surface area contributed by atoms with Crippen LogP contribution >= 0.6 is 0 Å². The first-order chi connectivity index (χ1) is 8.93. The van der Waals surface area contributed by atoms with Crippen molar-refractivity contribution in [2.75, 3.05) is 37.7 Å². The monoisotopic (exact) mass is 246 g/mol. The molecule has 0 radical (unpaired) electrons. The van der Waals surface area contributed by atoms with E-state index in [2.05, 4.69) is 40.1 Å². The molecular formula is C15H22N2O. The highest BCUT2D eigenvalue weighted by Crippen LogP contribution is 2.20. The first kappa shape index (κ1) is 12.0. The molecular weight excluding hydrogens is 224 g/mol. The summed E-state index contributed by atoms with van der Waals surface area (Å²) in [5.74, 6) is 0. The van der Waals surface area contributed by atoms with Crippen LogP contribution in [0.4, 0.5) is 5.69 Å². The molecule has 0 spiro atoms. The SMILES string of the molecule is c1ccc(N2CCN([C@H]3CCCCO3)CC2)cc1. The first-order valence-corrected chi connectivity index (χ1v) is 7.09. The van der Waals surface area contributed by atoms with Crippen LogP contribution in [0.25, 0.3) is 0 Å². The summed E-state index contributed by atoms with van der Waals surface area (Å²) in [7, 11) is 0. The Morgan fingerprint density at radius 3 is 2.39 bits per heavy atom. The van der Waals surface area contributed by atoms with Gasteiger partial charge in [0.25, 0.3) is 0 Å². The van der Waals surface area contributed by atoms with E-state index >= 15 is 0 Å². The number of ether oxygens (including phenoxy) is 1. The van der Waals surface area contributed by atoms with Gasteiger partial charge in [-0.15, -0.1) is 0 Å². The van der Waals surface area contributed by atoms with Crippen molar-refractivity contribution in [1.82, 2.24) is 4.90 Å². The molecule has 2 heterocycles. The average molecular weight is 246 g/mol. The van der Waals surface area contributed by atoms with Crippen molar-refractivity contribution in [3.8, 4) is 0 Å². The number of hydrogen-bond acceptors (Lipinski definition) is 3. The highest BCUT2D eigenvalue weighted by molar-refractivity contribution is 5.46. The Balaban J connectivity index is 1.54. The summed E-state index contributed by atoms with van der Waals surface area (Å²) < 4.78 is 5.87. The van der Waals surface area contributed by atoms with Crippen LogP contribution in [0.15, 0.2) is 30.3 Å². The van der Waals surface area contributed by atoms with Gasteiger partial charge in [0.15, 0.2) is 0 Å². The van der Waals surface area contributed by atoms with E-state index in [1.54, 1.807) is 0 Å². The van der Waals surface area contributed by atoms with Gasteiger partial charge in [0.1, 0.15) is 6.23 Å². The lowest BCUT2D eigenvalue weighted by atomic mass is 10.1. The highest BCUT2D eigenvalue weighted by atomic mass is 16.5. The molecule has 18 heavy (non-hydrogen) atoms. The minimum Gasteiger partial charge on any atom is -0.369 e. The van der Waals surface area contributed by atoms with E-state index in [4.69, 9.17) is 4.74 Å². The maximum Gasteiger partial charge on any atom is 0.110 e. The Bertz CT molecular complexity index is 354. The fourth-order valence-electron chi connectivity index (χ4n) is 2.92. The molecule has 1 atom stereocenters. The molecule has 1 aromatic rings. The van der Waals surface area contributed by atoms with E-state index in [0.717, 1.165) is 32.8 Å². The molecule has 2 fully saturated rings. The number of anilines is 1. The maximum atomic E-state index is 5.87. The van der Waals surface area contributed by atoms with Crippen molar-refractivity contribution in [3.63, 3.8) is 0 Å². The predicted octanol–water partition coefficient (Wildman–Crippen LogP) is 2.34. The molecule has 3 rings (SSSR count). The molecule has 3 nitrogen and oxygen atoms in total. The highest BCUT2D eigenvalue weighted by Gasteiger charge is 2.25. The number of nitrogens with zero attached hydrogens (tertiary/aromatic N) is 2. The van der Waals surface area contributed by atoms with Gasteiger partial charge < -0.3 is 9.64 Å². The third kappa shape index (κ3) is 2.68. The van der Waals surface area contributed by atoms with Crippen LogP contribution in [0.5, 0.6) is 0 Å². The fraction of sp³-hybridized carbons (Fsp3) is 0.600. The van der Waals surface area contributed by atoms with Gasteiger partial charge in [0.2, 0.25) is 0 Å². The standard InChI is InChI=1S/C15H22N2O/c1-2-6-14(7-3-1)16-9-11-17(12-10-16)15-8-4-5-13-18-15/h1-3,6-7,15H,4-5,8-13H2/t15-/m1/s1. The van der Waals surface area contributed by atoms with E-state index in [-0.39, 0.29) is 0 Å². The van der Waals surface area contributed by atoms with Crippen LogP contribution < -0.4 is 4.90 Å². The van der Waals surface area contributed by atoms with Gasteiger partial charge in [-0.25, -0.2) is 0 Å². The molecule has 0 N–H and O–H groups in total. The van der Waals surface area contributed by atoms with Gasteiger partial charge in [-0.05, 0) is 31.4 Å². The Kier molecular flexibility index (Phi) is 3.81. The van der Waals surface area contributed by atoms with Gasteiger partial charge in [-0.3, -0.25) is 4.90 Å². The minimum atomic E-state index is 0.386. The van der Waals surface area contributed by atoms with E-state index in [0.29, 0.717) is 6.23 Å². The predicted molar refractivity (Wildman–Crippen MR) is 73.8 cm³/mol. The van der Waals surface area contributed by atoms with Crippen LogP contribution in [0.1, 0.15) is 19.3 Å². The normalized spacial score (nSPS) is 26.2. The number of hydrogen-bond donors (Lipinski definition) is 0. The number of piperazine rings is 1. The zero-order valence-corrected chi connectivity index (χ0v) is 10.9. The summed E-state index contributed by atoms with van der Waals surface area (Å²) >= 11 is 0. The number of para-hydroxylation sites is 1. The van der Waals surface area contributed by atoms with Crippen molar-refractivity contribution >= 4 is 5.69 Å². The van der Waals surface area contributed by atoms with Gasteiger partial charge in [0.05, 0.1) is 0 Å². The molecule has 0 unspecified atom stereocenters. The van der Waals surface area contributed by atoms with Gasteiger partial charge in [-0.2, -0.15) is 0 Å². The number of rotatable bonds is 2. The smallest absolute Gasteiger partial charge is 0.110 e. The van der Waals surface area contributed by atoms with Crippen molar-refractivity contribution < 1.29 is 4.74 Å². The lowest BCUT2D eigenvalue weighted by molar-refractivity contribution is -0.0872. The van der Waals surface area contributed by atoms with Crippen molar-refractivity contribution in [3.05, 3.63) is 30.3 Å². The topological polar surface area (TPSA) is 15.7 Å². The van der Waals surface area contributed by atoms with E-state index < -0.39 is 0 Å². The van der Waals surface area contributed by atoms with Crippen molar-refractivity contribution in [2.45, 2.75) is 25.5 Å². The van der Waals surface area contributed by atoms with Crippen LogP contribution in [0.2, 0.25) is 0 Å². The molecule has 0 aliphatic carbocycles. The van der Waals surface area contributed by atoms with E-state index in [1.807, 2.05) is 0 Å². The zero-order valence-electron chi connectivity index (χ0n) is 10.9. The zero-order chi connectivity index (χ0) is 12.2. The molecule has 1 aromatic carbocycles. The first-order valence-electron chi connectivity index (χ1n) is 7.09. The summed E-state index contributed by atoms with van der Waals surface area (Å²) in [5, 5.41) is 0. The molecule has 98 valence electrons. The number of benzene rings is 1. The maximum absolute atomic E-state index is 5.87. The molecule has 0 aromatic heterocycles. The molecule has 2 aliphatic rings. The second-order valence-corrected chi connectivity index (χ2v) is 5.18. The van der Waals surface area contributed by atoms with Gasteiger partial charge >= 0.3 is 0 Å². The van der Waals surface area contributed by atoms with Gasteiger partial charge in [-0.1, -0.05) is 18.2 Å². The molecule has 3 heteroatoms. The quantitative estimate of drug-likeness (QED) is 0.796. The molecule has 0 saturated carbocycles. The lowest BCUT2D eigenvalue weighted by Gasteiger charge is -2.41. The van der Waals surface area contributed by atoms with Crippen molar-refractivity contribution in [2.24, 2.45) is 0 Å². The minimum absolute atomic E-state index is 0.386. The Morgan fingerprint density at radius 1 is 0.944 bits per heavy atom. The Labute approximate surface area is 109 Å². The molecule has 2 aliphatic heterocycles. The third-order valence-electron chi connectivity index (χ3n) is 4.00. The van der Waals surface area contributed by atoms with Crippen LogP contribution in [-0.4, -0.2) is 43.9 Å². The van der Waals surface area contributed by atoms with Crippen LogP contribution in [-0.2, 0) is 4.74 Å². The van der Waals surface area contributed by atoms with Crippen molar-refractivity contribution in [1.29, 1.82) is 0 Å². The largest absolute Gasteiger partial charge is 0.369 e. The fourth-order valence-corrected chi connectivity index (χ4v) is 2.92. The van der Waals surface area contributed by atoms with E-state index in [9.17, 15) is 0 Å². The summed E-state index contributed by atoms with van der Waals surface area (Å²) in [4.78, 5) is 4.98. The van der Waals surface area contributed by atoms with Gasteiger partial charge in [0, 0.05) is 38.5 Å².